The molecule has 0 bridgehead atoms. The minimum absolute atomic E-state index is 0.101. The van der Waals surface area contributed by atoms with Crippen molar-refractivity contribution in [2.24, 2.45) is 11.7 Å². The van der Waals surface area contributed by atoms with E-state index < -0.39 is 0 Å². The highest BCUT2D eigenvalue weighted by Gasteiger charge is 2.18. The van der Waals surface area contributed by atoms with E-state index in [9.17, 15) is 4.79 Å². The molecule has 0 aromatic carbocycles. The van der Waals surface area contributed by atoms with Crippen LogP contribution in [0.5, 0.6) is 0 Å². The number of carbonyl (C=O) groups is 1. The van der Waals surface area contributed by atoms with Crippen LogP contribution in [0.1, 0.15) is 40.5 Å². The molecule has 17 heavy (non-hydrogen) atoms. The molecule has 0 rings (SSSR count). The van der Waals surface area contributed by atoms with Crippen LogP contribution in [-0.2, 0) is 4.79 Å². The standard InChI is InChI=1S/C13H29N3O/c1-10(2)11(9-16(5)6)15-12(17)7-8-13(3,4)14/h10-11H,7-9,14H2,1-6H3,(H,15,17). The lowest BCUT2D eigenvalue weighted by Gasteiger charge is -2.26. The third-order valence-corrected chi connectivity index (χ3v) is 2.71. The summed E-state index contributed by atoms with van der Waals surface area (Å²) < 4.78 is 0. The van der Waals surface area contributed by atoms with Crippen LogP contribution in [0.3, 0.4) is 0 Å². The smallest absolute Gasteiger partial charge is 0.220 e. The number of carbonyl (C=O) groups excluding carboxylic acids is 1. The third-order valence-electron chi connectivity index (χ3n) is 2.71. The Hall–Kier alpha value is -0.610. The maximum absolute atomic E-state index is 11.8. The van der Waals surface area contributed by atoms with Gasteiger partial charge in [-0.25, -0.2) is 0 Å². The number of likely N-dealkylation sites (N-methyl/N-ethyl adjacent to an activating group) is 1. The predicted molar refractivity (Wildman–Crippen MR) is 72.8 cm³/mol. The predicted octanol–water partition coefficient (Wildman–Crippen LogP) is 1.21. The van der Waals surface area contributed by atoms with Crippen molar-refractivity contribution in [1.82, 2.24) is 10.2 Å². The highest BCUT2D eigenvalue weighted by molar-refractivity contribution is 5.76. The summed E-state index contributed by atoms with van der Waals surface area (Å²) >= 11 is 0. The Kier molecular flexibility index (Phi) is 6.72. The van der Waals surface area contributed by atoms with Gasteiger partial charge in [0, 0.05) is 24.5 Å². The first-order valence-electron chi connectivity index (χ1n) is 6.35. The highest BCUT2D eigenvalue weighted by Crippen LogP contribution is 2.08. The van der Waals surface area contributed by atoms with E-state index in [2.05, 4.69) is 24.1 Å². The largest absolute Gasteiger partial charge is 0.352 e. The van der Waals surface area contributed by atoms with E-state index in [0.717, 1.165) is 6.54 Å². The van der Waals surface area contributed by atoms with Crippen molar-refractivity contribution in [2.45, 2.75) is 52.1 Å². The van der Waals surface area contributed by atoms with E-state index in [1.54, 1.807) is 0 Å². The lowest BCUT2D eigenvalue weighted by atomic mass is 9.99. The number of nitrogens with two attached hydrogens (primary N) is 1. The van der Waals surface area contributed by atoms with Crippen LogP contribution < -0.4 is 11.1 Å². The molecule has 0 aromatic heterocycles. The first-order valence-corrected chi connectivity index (χ1v) is 6.35. The molecule has 1 atom stereocenters. The van der Waals surface area contributed by atoms with Crippen molar-refractivity contribution >= 4 is 5.91 Å². The average Bonchev–Trinajstić information content (AvgIpc) is 2.11. The van der Waals surface area contributed by atoms with Crippen molar-refractivity contribution in [3.8, 4) is 0 Å². The van der Waals surface area contributed by atoms with E-state index in [4.69, 9.17) is 5.73 Å². The molecule has 0 aromatic rings. The maximum atomic E-state index is 11.8. The molecule has 4 nitrogen and oxygen atoms in total. The first kappa shape index (κ1) is 16.4. The van der Waals surface area contributed by atoms with Crippen LogP contribution in [0.25, 0.3) is 0 Å². The van der Waals surface area contributed by atoms with Crippen molar-refractivity contribution in [2.75, 3.05) is 20.6 Å². The molecule has 0 aliphatic carbocycles. The summed E-state index contributed by atoms with van der Waals surface area (Å²) in [6.07, 6.45) is 1.21. The van der Waals surface area contributed by atoms with Gasteiger partial charge in [-0.1, -0.05) is 13.8 Å². The summed E-state index contributed by atoms with van der Waals surface area (Å²) in [6.45, 7) is 9.01. The van der Waals surface area contributed by atoms with Crippen LogP contribution in [0.2, 0.25) is 0 Å². The molecule has 0 saturated carbocycles. The van der Waals surface area contributed by atoms with Gasteiger partial charge in [-0.3, -0.25) is 4.79 Å². The zero-order chi connectivity index (χ0) is 13.6. The van der Waals surface area contributed by atoms with E-state index in [1.807, 2.05) is 27.9 Å². The molecule has 0 heterocycles. The van der Waals surface area contributed by atoms with Gasteiger partial charge in [0.2, 0.25) is 5.91 Å². The molecular weight excluding hydrogens is 214 g/mol. The van der Waals surface area contributed by atoms with Gasteiger partial charge in [0.25, 0.3) is 0 Å². The van der Waals surface area contributed by atoms with Crippen LogP contribution in [0, 0.1) is 5.92 Å². The van der Waals surface area contributed by atoms with E-state index in [1.165, 1.54) is 0 Å². The molecule has 1 unspecified atom stereocenters. The lowest BCUT2D eigenvalue weighted by molar-refractivity contribution is -0.122. The van der Waals surface area contributed by atoms with Gasteiger partial charge in [0.1, 0.15) is 0 Å². The van der Waals surface area contributed by atoms with Gasteiger partial charge in [-0.05, 0) is 40.3 Å². The normalized spacial score (nSPS) is 14.2. The van der Waals surface area contributed by atoms with Crippen molar-refractivity contribution in [3.05, 3.63) is 0 Å². The molecule has 0 spiro atoms. The van der Waals surface area contributed by atoms with Gasteiger partial charge < -0.3 is 16.0 Å². The Balaban J connectivity index is 4.13. The zero-order valence-electron chi connectivity index (χ0n) is 12.2. The summed E-state index contributed by atoms with van der Waals surface area (Å²) in [6, 6.07) is 0.207. The topological polar surface area (TPSA) is 58.4 Å². The molecule has 0 aliphatic rings. The third kappa shape index (κ3) is 9.12. The fraction of sp³-hybridized carbons (Fsp3) is 0.923. The quantitative estimate of drug-likeness (QED) is 0.706. The number of hydrogen-bond acceptors (Lipinski definition) is 3. The van der Waals surface area contributed by atoms with Crippen LogP contribution in [0.15, 0.2) is 0 Å². The van der Waals surface area contributed by atoms with E-state index in [0.29, 0.717) is 18.8 Å². The Bertz CT molecular complexity index is 231. The second-order valence-corrected chi connectivity index (χ2v) is 6.17. The molecule has 1 amide bonds. The maximum Gasteiger partial charge on any atom is 0.220 e. The molecule has 0 fully saturated rings. The monoisotopic (exact) mass is 243 g/mol. The Morgan fingerprint density at radius 3 is 2.24 bits per heavy atom. The van der Waals surface area contributed by atoms with Gasteiger partial charge in [-0.15, -0.1) is 0 Å². The fourth-order valence-corrected chi connectivity index (χ4v) is 1.53. The number of rotatable bonds is 7. The first-order chi connectivity index (χ1) is 7.61. The molecular formula is C13H29N3O. The molecule has 0 aliphatic heterocycles. The molecule has 4 heteroatoms. The summed E-state index contributed by atoms with van der Waals surface area (Å²) in [5.41, 5.74) is 5.60. The second-order valence-electron chi connectivity index (χ2n) is 6.17. The van der Waals surface area contributed by atoms with E-state index in [-0.39, 0.29) is 17.5 Å². The minimum atomic E-state index is -0.272. The lowest BCUT2D eigenvalue weighted by Crippen LogP contribution is -2.45. The summed E-state index contributed by atoms with van der Waals surface area (Å²) in [5.74, 6) is 0.538. The van der Waals surface area contributed by atoms with E-state index >= 15 is 0 Å². The van der Waals surface area contributed by atoms with Gasteiger partial charge in [0.05, 0.1) is 0 Å². The van der Waals surface area contributed by atoms with Gasteiger partial charge >= 0.3 is 0 Å². The van der Waals surface area contributed by atoms with Gasteiger partial charge in [-0.2, -0.15) is 0 Å². The fourth-order valence-electron chi connectivity index (χ4n) is 1.53. The summed E-state index contributed by atoms with van der Waals surface area (Å²) in [4.78, 5) is 13.9. The molecule has 102 valence electrons. The van der Waals surface area contributed by atoms with Crippen LogP contribution in [-0.4, -0.2) is 43.0 Å². The molecule has 3 N–H and O–H groups in total. The number of nitrogens with zero attached hydrogens (tertiary/aromatic N) is 1. The average molecular weight is 243 g/mol. The summed E-state index contributed by atoms with van der Waals surface area (Å²) in [5, 5.41) is 3.08. The number of amides is 1. The Labute approximate surface area is 106 Å². The highest BCUT2D eigenvalue weighted by atomic mass is 16.1. The summed E-state index contributed by atoms with van der Waals surface area (Å²) in [7, 11) is 4.04. The second kappa shape index (κ2) is 6.97. The minimum Gasteiger partial charge on any atom is -0.352 e. The Morgan fingerprint density at radius 2 is 1.88 bits per heavy atom. The van der Waals surface area contributed by atoms with Crippen molar-refractivity contribution in [3.63, 3.8) is 0 Å². The van der Waals surface area contributed by atoms with Crippen molar-refractivity contribution < 1.29 is 4.79 Å². The number of hydrogen-bond donors (Lipinski definition) is 2. The molecule has 0 saturated heterocycles. The van der Waals surface area contributed by atoms with Crippen LogP contribution >= 0.6 is 0 Å². The molecule has 0 radical (unpaired) electrons. The van der Waals surface area contributed by atoms with Gasteiger partial charge in [0.15, 0.2) is 0 Å². The Morgan fingerprint density at radius 1 is 1.35 bits per heavy atom. The SMILES string of the molecule is CC(C)C(CN(C)C)NC(=O)CCC(C)(C)N. The van der Waals surface area contributed by atoms with Crippen molar-refractivity contribution in [1.29, 1.82) is 0 Å². The van der Waals surface area contributed by atoms with Crippen LogP contribution in [0.4, 0.5) is 0 Å². The zero-order valence-corrected chi connectivity index (χ0v) is 12.2. The number of nitrogens with one attached hydrogen (secondary N) is 1.